The molecule has 4 N–H and O–H groups in total. The maximum absolute atomic E-state index is 6.53. The van der Waals surface area contributed by atoms with Gasteiger partial charge in [0.05, 0.1) is 0 Å². The summed E-state index contributed by atoms with van der Waals surface area (Å²) in [5, 5.41) is 0. The molecule has 130 valence electrons. The van der Waals surface area contributed by atoms with Crippen molar-refractivity contribution in [2.24, 2.45) is 16.9 Å². The van der Waals surface area contributed by atoms with Crippen molar-refractivity contribution in [1.82, 2.24) is 0 Å². The van der Waals surface area contributed by atoms with Crippen LogP contribution in [0.3, 0.4) is 0 Å². The smallest absolute Gasteiger partial charge is 0.0324 e. The van der Waals surface area contributed by atoms with Gasteiger partial charge in [-0.3, -0.25) is 0 Å². The van der Waals surface area contributed by atoms with E-state index >= 15 is 0 Å². The van der Waals surface area contributed by atoms with Crippen molar-refractivity contribution in [3.8, 4) is 0 Å². The Morgan fingerprint density at radius 2 is 1.44 bits per heavy atom. The average Bonchev–Trinajstić information content (AvgIpc) is 2.59. The summed E-state index contributed by atoms with van der Waals surface area (Å²) in [6.07, 6.45) is 5.66. The van der Waals surface area contributed by atoms with E-state index in [1.807, 2.05) is 12.2 Å². The van der Waals surface area contributed by atoms with Crippen LogP contribution >= 0.6 is 31.9 Å². The summed E-state index contributed by atoms with van der Waals surface area (Å²) in [7, 11) is 0. The Labute approximate surface area is 166 Å². The molecule has 25 heavy (non-hydrogen) atoms. The number of rotatable bonds is 4. The highest BCUT2D eigenvalue weighted by atomic mass is 79.9. The monoisotopic (exact) mass is 460 g/mol. The predicted molar refractivity (Wildman–Crippen MR) is 112 cm³/mol. The van der Waals surface area contributed by atoms with Gasteiger partial charge >= 0.3 is 0 Å². The Hall–Kier alpha value is -1.36. The summed E-state index contributed by atoms with van der Waals surface area (Å²) >= 11 is 6.99. The Morgan fingerprint density at radius 3 is 2.00 bits per heavy atom. The van der Waals surface area contributed by atoms with E-state index in [0.717, 1.165) is 27.5 Å². The van der Waals surface area contributed by atoms with E-state index in [1.54, 1.807) is 0 Å². The van der Waals surface area contributed by atoms with Gasteiger partial charge in [-0.1, -0.05) is 69.1 Å². The first-order valence-corrected chi connectivity index (χ1v) is 9.89. The predicted octanol–water partition coefficient (Wildman–Crippen LogP) is 5.11. The minimum absolute atomic E-state index is 0.0612. The molecule has 0 aliphatic heterocycles. The highest BCUT2D eigenvalue weighted by Crippen LogP contribution is 2.40. The van der Waals surface area contributed by atoms with Crippen molar-refractivity contribution in [3.63, 3.8) is 0 Å². The van der Waals surface area contributed by atoms with Crippen molar-refractivity contribution in [1.29, 1.82) is 0 Å². The normalized spacial score (nSPS) is 23.1. The first kappa shape index (κ1) is 18.4. The third-order valence-electron chi connectivity index (χ3n) is 5.04. The van der Waals surface area contributed by atoms with Gasteiger partial charge in [0.15, 0.2) is 0 Å². The molecule has 0 heterocycles. The zero-order valence-corrected chi connectivity index (χ0v) is 17.3. The van der Waals surface area contributed by atoms with Gasteiger partial charge in [0, 0.05) is 26.1 Å². The fourth-order valence-electron chi connectivity index (χ4n) is 3.41. The van der Waals surface area contributed by atoms with Gasteiger partial charge in [-0.25, -0.2) is 0 Å². The van der Waals surface area contributed by atoms with Crippen LogP contribution in [0.4, 0.5) is 0 Å². The number of hydrogen-bond donors (Lipinski definition) is 2. The van der Waals surface area contributed by atoms with Crippen LogP contribution in [0.15, 0.2) is 80.9 Å². The summed E-state index contributed by atoms with van der Waals surface area (Å²) < 4.78 is 2.16. The molecule has 0 spiro atoms. The fraction of sp³-hybridized carbons (Fsp3) is 0.238. The van der Waals surface area contributed by atoms with Crippen LogP contribution in [-0.2, 0) is 12.8 Å². The quantitative estimate of drug-likeness (QED) is 0.664. The van der Waals surface area contributed by atoms with Crippen molar-refractivity contribution in [2.75, 3.05) is 0 Å². The first-order chi connectivity index (χ1) is 11.9. The van der Waals surface area contributed by atoms with E-state index in [0.29, 0.717) is 0 Å². The SMILES string of the molecule is CC1(Cc2ccc(Br)cc2)C(Cc2ccc(Br)cc2)=C(N)C=CC1N. The van der Waals surface area contributed by atoms with Gasteiger partial charge in [0.2, 0.25) is 0 Å². The lowest BCUT2D eigenvalue weighted by Crippen LogP contribution is -2.44. The fourth-order valence-corrected chi connectivity index (χ4v) is 3.94. The number of benzene rings is 2. The number of allylic oxidation sites excluding steroid dienone is 1. The highest BCUT2D eigenvalue weighted by molar-refractivity contribution is 9.10. The molecule has 2 atom stereocenters. The molecule has 2 nitrogen and oxygen atoms in total. The molecule has 1 aliphatic carbocycles. The zero-order chi connectivity index (χ0) is 18.0. The Morgan fingerprint density at radius 1 is 0.920 bits per heavy atom. The molecular formula is C21H22Br2N2. The van der Waals surface area contributed by atoms with E-state index in [2.05, 4.69) is 87.3 Å². The van der Waals surface area contributed by atoms with Crippen LogP contribution in [0.25, 0.3) is 0 Å². The minimum atomic E-state index is -0.209. The second kappa shape index (κ2) is 7.48. The summed E-state index contributed by atoms with van der Waals surface area (Å²) in [6, 6.07) is 16.8. The third kappa shape index (κ3) is 4.08. The van der Waals surface area contributed by atoms with Crippen molar-refractivity contribution in [2.45, 2.75) is 25.8 Å². The van der Waals surface area contributed by atoms with Crippen LogP contribution in [0.2, 0.25) is 0 Å². The van der Waals surface area contributed by atoms with Crippen LogP contribution in [0.1, 0.15) is 18.1 Å². The molecule has 0 aromatic heterocycles. The summed E-state index contributed by atoms with van der Waals surface area (Å²) in [5.74, 6) is 0. The van der Waals surface area contributed by atoms with E-state index in [4.69, 9.17) is 11.5 Å². The van der Waals surface area contributed by atoms with Crippen LogP contribution in [0, 0.1) is 5.41 Å². The van der Waals surface area contributed by atoms with E-state index in [1.165, 1.54) is 16.7 Å². The Bertz CT molecular complexity index is 807. The number of nitrogens with two attached hydrogens (primary N) is 2. The maximum Gasteiger partial charge on any atom is 0.0324 e. The first-order valence-electron chi connectivity index (χ1n) is 8.30. The molecule has 1 aliphatic rings. The van der Waals surface area contributed by atoms with Crippen LogP contribution in [-0.4, -0.2) is 6.04 Å². The molecule has 2 aromatic rings. The van der Waals surface area contributed by atoms with Crippen molar-refractivity contribution >= 4 is 31.9 Å². The molecule has 3 rings (SSSR count). The second-order valence-electron chi connectivity index (χ2n) is 6.84. The molecular weight excluding hydrogens is 440 g/mol. The summed E-state index contributed by atoms with van der Waals surface area (Å²) in [6.45, 7) is 2.23. The van der Waals surface area contributed by atoms with Gasteiger partial charge in [-0.2, -0.15) is 0 Å². The number of halogens is 2. The molecule has 0 fully saturated rings. The van der Waals surface area contributed by atoms with Gasteiger partial charge in [0.25, 0.3) is 0 Å². The highest BCUT2D eigenvalue weighted by Gasteiger charge is 2.37. The standard InChI is InChI=1S/C21H22Br2N2/c1-21(13-15-4-8-17(23)9-5-15)18(19(24)10-11-20(21)25)12-14-2-6-16(22)7-3-14/h2-11,20H,12-13,24-25H2,1H3. The zero-order valence-electron chi connectivity index (χ0n) is 14.2. The third-order valence-corrected chi connectivity index (χ3v) is 6.09. The molecule has 0 amide bonds. The average molecular weight is 462 g/mol. The number of hydrogen-bond acceptors (Lipinski definition) is 2. The van der Waals surface area contributed by atoms with Crippen LogP contribution in [0.5, 0.6) is 0 Å². The largest absolute Gasteiger partial charge is 0.399 e. The maximum atomic E-state index is 6.53. The topological polar surface area (TPSA) is 52.0 Å². The van der Waals surface area contributed by atoms with Crippen molar-refractivity contribution in [3.05, 3.63) is 92.0 Å². The molecule has 0 saturated heterocycles. The van der Waals surface area contributed by atoms with E-state index < -0.39 is 0 Å². The molecule has 0 saturated carbocycles. The lowest BCUT2D eigenvalue weighted by molar-refractivity contribution is 0.336. The minimum Gasteiger partial charge on any atom is -0.399 e. The molecule has 4 heteroatoms. The molecule has 0 bridgehead atoms. The summed E-state index contributed by atoms with van der Waals surface area (Å²) in [4.78, 5) is 0. The van der Waals surface area contributed by atoms with E-state index in [-0.39, 0.29) is 11.5 Å². The lowest BCUT2D eigenvalue weighted by Gasteiger charge is -2.40. The van der Waals surface area contributed by atoms with Gasteiger partial charge in [-0.15, -0.1) is 0 Å². The Balaban J connectivity index is 1.94. The van der Waals surface area contributed by atoms with Crippen LogP contribution < -0.4 is 11.5 Å². The van der Waals surface area contributed by atoms with Gasteiger partial charge in [0.1, 0.15) is 0 Å². The molecule has 2 unspecified atom stereocenters. The Kier molecular flexibility index (Phi) is 5.52. The summed E-state index contributed by atoms with van der Waals surface area (Å²) in [5.41, 5.74) is 17.3. The van der Waals surface area contributed by atoms with Crippen molar-refractivity contribution < 1.29 is 0 Å². The molecule has 2 aromatic carbocycles. The van der Waals surface area contributed by atoms with Gasteiger partial charge < -0.3 is 11.5 Å². The van der Waals surface area contributed by atoms with Gasteiger partial charge in [-0.05, 0) is 59.9 Å². The lowest BCUT2D eigenvalue weighted by atomic mass is 9.67. The second-order valence-corrected chi connectivity index (χ2v) is 8.67. The van der Waals surface area contributed by atoms with E-state index in [9.17, 15) is 0 Å². The molecule has 0 radical (unpaired) electrons.